The molecule has 3 rings (SSSR count). The van der Waals surface area contributed by atoms with Crippen molar-refractivity contribution in [2.24, 2.45) is 0 Å². The first kappa shape index (κ1) is 9.60. The van der Waals surface area contributed by atoms with Gasteiger partial charge in [0, 0.05) is 24.1 Å². The minimum atomic E-state index is 0.983. The van der Waals surface area contributed by atoms with Gasteiger partial charge in [0.2, 0.25) is 0 Å². The highest BCUT2D eigenvalue weighted by molar-refractivity contribution is 5.42. The summed E-state index contributed by atoms with van der Waals surface area (Å²) in [7, 11) is 0. The number of benzene rings is 1. The Morgan fingerprint density at radius 2 is 2.25 bits per heavy atom. The van der Waals surface area contributed by atoms with Gasteiger partial charge in [-0.25, -0.2) is 4.98 Å². The zero-order valence-electron chi connectivity index (χ0n) is 9.40. The summed E-state index contributed by atoms with van der Waals surface area (Å²) in [6.07, 6.45) is 4.89. The number of aryl methyl sites for hydroxylation is 1. The van der Waals surface area contributed by atoms with Gasteiger partial charge in [-0.3, -0.25) is 0 Å². The van der Waals surface area contributed by atoms with E-state index < -0.39 is 0 Å². The second kappa shape index (κ2) is 3.76. The molecule has 0 saturated carbocycles. The van der Waals surface area contributed by atoms with Crippen molar-refractivity contribution in [1.82, 2.24) is 14.9 Å². The predicted molar refractivity (Wildman–Crippen MR) is 63.7 cm³/mol. The molecule has 2 aromatic rings. The average Bonchev–Trinajstić information content (AvgIpc) is 2.75. The minimum absolute atomic E-state index is 0.983. The molecule has 0 radical (unpaired) electrons. The molecular weight excluding hydrogens is 198 g/mol. The molecule has 0 atom stereocenters. The van der Waals surface area contributed by atoms with Crippen LogP contribution in [0.25, 0.3) is 5.69 Å². The van der Waals surface area contributed by atoms with Crippen LogP contribution in [0.5, 0.6) is 0 Å². The van der Waals surface area contributed by atoms with Gasteiger partial charge in [0.15, 0.2) is 0 Å². The van der Waals surface area contributed by atoms with Crippen LogP contribution in [0.4, 0.5) is 0 Å². The Hall–Kier alpha value is -1.61. The number of nitrogens with one attached hydrogen (secondary N) is 1. The third-order valence-corrected chi connectivity index (χ3v) is 3.18. The summed E-state index contributed by atoms with van der Waals surface area (Å²) in [5.74, 6) is 0. The number of hydrogen-bond acceptors (Lipinski definition) is 2. The summed E-state index contributed by atoms with van der Waals surface area (Å²) >= 11 is 0. The van der Waals surface area contributed by atoms with Crippen molar-refractivity contribution in [3.8, 4) is 5.69 Å². The number of hydrogen-bond donors (Lipinski definition) is 1. The standard InChI is InChI=1S/C13H15N3/c1-10-7-15-9-16(10)13-3-2-11-4-5-14-8-12(11)6-13/h2-3,6-7,9,14H,4-5,8H2,1H3. The zero-order valence-corrected chi connectivity index (χ0v) is 9.40. The summed E-state index contributed by atoms with van der Waals surface area (Å²) in [6, 6.07) is 6.68. The molecule has 0 saturated heterocycles. The first-order valence-electron chi connectivity index (χ1n) is 5.66. The Morgan fingerprint density at radius 3 is 3.06 bits per heavy atom. The van der Waals surface area contributed by atoms with Gasteiger partial charge < -0.3 is 9.88 Å². The van der Waals surface area contributed by atoms with E-state index in [1.54, 1.807) is 0 Å². The molecule has 1 N–H and O–H groups in total. The molecule has 0 unspecified atom stereocenters. The van der Waals surface area contributed by atoms with Crippen LogP contribution < -0.4 is 5.32 Å². The van der Waals surface area contributed by atoms with Crippen LogP contribution in [-0.2, 0) is 13.0 Å². The predicted octanol–water partition coefficient (Wildman–Crippen LogP) is 1.83. The average molecular weight is 213 g/mol. The highest BCUT2D eigenvalue weighted by Crippen LogP contribution is 2.19. The van der Waals surface area contributed by atoms with E-state index >= 15 is 0 Å². The summed E-state index contributed by atoms with van der Waals surface area (Å²) in [4.78, 5) is 4.16. The number of nitrogens with zero attached hydrogens (tertiary/aromatic N) is 2. The molecule has 1 aromatic heterocycles. The molecule has 82 valence electrons. The lowest BCUT2D eigenvalue weighted by atomic mass is 10.0. The van der Waals surface area contributed by atoms with E-state index in [2.05, 4.69) is 40.0 Å². The largest absolute Gasteiger partial charge is 0.312 e. The van der Waals surface area contributed by atoms with Gasteiger partial charge in [-0.1, -0.05) is 6.07 Å². The number of imidazole rings is 1. The monoisotopic (exact) mass is 213 g/mol. The maximum absolute atomic E-state index is 4.16. The van der Waals surface area contributed by atoms with Gasteiger partial charge in [0.1, 0.15) is 0 Å². The highest BCUT2D eigenvalue weighted by atomic mass is 15.0. The van der Waals surface area contributed by atoms with Crippen molar-refractivity contribution in [1.29, 1.82) is 0 Å². The molecule has 0 aliphatic carbocycles. The third-order valence-electron chi connectivity index (χ3n) is 3.18. The molecule has 1 aliphatic rings. The van der Waals surface area contributed by atoms with Crippen molar-refractivity contribution < 1.29 is 0 Å². The molecule has 16 heavy (non-hydrogen) atoms. The van der Waals surface area contributed by atoms with Crippen LogP contribution >= 0.6 is 0 Å². The van der Waals surface area contributed by atoms with Gasteiger partial charge in [-0.2, -0.15) is 0 Å². The van der Waals surface area contributed by atoms with Gasteiger partial charge in [0.05, 0.1) is 6.33 Å². The van der Waals surface area contributed by atoms with E-state index in [9.17, 15) is 0 Å². The Bertz CT molecular complexity index is 514. The molecule has 2 heterocycles. The summed E-state index contributed by atoms with van der Waals surface area (Å²) < 4.78 is 2.12. The second-order valence-electron chi connectivity index (χ2n) is 4.28. The molecule has 0 amide bonds. The molecule has 3 nitrogen and oxygen atoms in total. The molecule has 1 aliphatic heterocycles. The summed E-state index contributed by atoms with van der Waals surface area (Å²) in [5, 5.41) is 3.40. The second-order valence-corrected chi connectivity index (χ2v) is 4.28. The van der Waals surface area contributed by atoms with E-state index in [4.69, 9.17) is 0 Å². The van der Waals surface area contributed by atoms with E-state index in [0.717, 1.165) is 19.5 Å². The summed E-state index contributed by atoms with van der Waals surface area (Å²) in [6.45, 7) is 4.15. The van der Waals surface area contributed by atoms with Gasteiger partial charge in [0.25, 0.3) is 0 Å². The SMILES string of the molecule is Cc1cncn1-c1ccc2c(c1)CNCC2. The van der Waals surface area contributed by atoms with Crippen molar-refractivity contribution in [3.63, 3.8) is 0 Å². The van der Waals surface area contributed by atoms with Crippen molar-refractivity contribution in [2.45, 2.75) is 19.9 Å². The Balaban J connectivity index is 2.06. The molecule has 0 bridgehead atoms. The van der Waals surface area contributed by atoms with Gasteiger partial charge in [-0.15, -0.1) is 0 Å². The van der Waals surface area contributed by atoms with Crippen LogP contribution in [0.3, 0.4) is 0 Å². The quantitative estimate of drug-likeness (QED) is 0.783. The maximum atomic E-state index is 4.16. The number of fused-ring (bicyclic) bond motifs is 1. The van der Waals surface area contributed by atoms with Crippen LogP contribution in [0.1, 0.15) is 16.8 Å². The molecular formula is C13H15N3. The Morgan fingerprint density at radius 1 is 1.31 bits per heavy atom. The number of rotatable bonds is 1. The first-order valence-corrected chi connectivity index (χ1v) is 5.66. The third kappa shape index (κ3) is 1.53. The number of aromatic nitrogens is 2. The van der Waals surface area contributed by atoms with Crippen LogP contribution in [0.15, 0.2) is 30.7 Å². The van der Waals surface area contributed by atoms with E-state index in [-0.39, 0.29) is 0 Å². The summed E-state index contributed by atoms with van der Waals surface area (Å²) in [5.41, 5.74) is 5.26. The van der Waals surface area contributed by atoms with Crippen LogP contribution in [-0.4, -0.2) is 16.1 Å². The first-order chi connectivity index (χ1) is 7.84. The van der Waals surface area contributed by atoms with Crippen molar-refractivity contribution >= 4 is 0 Å². The van der Waals surface area contributed by atoms with Gasteiger partial charge in [-0.05, 0) is 43.1 Å². The Labute approximate surface area is 95.1 Å². The van der Waals surface area contributed by atoms with Crippen molar-refractivity contribution in [2.75, 3.05) is 6.54 Å². The van der Waals surface area contributed by atoms with E-state index in [1.807, 2.05) is 12.5 Å². The zero-order chi connectivity index (χ0) is 11.0. The van der Waals surface area contributed by atoms with E-state index in [0.29, 0.717) is 0 Å². The topological polar surface area (TPSA) is 29.9 Å². The fraction of sp³-hybridized carbons (Fsp3) is 0.308. The lowest BCUT2D eigenvalue weighted by molar-refractivity contribution is 0.643. The smallest absolute Gasteiger partial charge is 0.0994 e. The highest BCUT2D eigenvalue weighted by Gasteiger charge is 2.09. The Kier molecular flexibility index (Phi) is 2.26. The van der Waals surface area contributed by atoms with Crippen molar-refractivity contribution in [3.05, 3.63) is 47.5 Å². The molecule has 0 fully saturated rings. The van der Waals surface area contributed by atoms with Crippen LogP contribution in [0, 0.1) is 6.92 Å². The van der Waals surface area contributed by atoms with E-state index in [1.165, 1.54) is 22.5 Å². The van der Waals surface area contributed by atoms with Crippen LogP contribution in [0.2, 0.25) is 0 Å². The lowest BCUT2D eigenvalue weighted by Gasteiger charge is -2.18. The molecule has 1 aromatic carbocycles. The normalized spacial score (nSPS) is 14.8. The molecule has 3 heteroatoms. The maximum Gasteiger partial charge on any atom is 0.0994 e. The fourth-order valence-corrected chi connectivity index (χ4v) is 2.25. The molecule has 0 spiro atoms. The lowest BCUT2D eigenvalue weighted by Crippen LogP contribution is -2.23. The van der Waals surface area contributed by atoms with Gasteiger partial charge >= 0.3 is 0 Å². The minimum Gasteiger partial charge on any atom is -0.312 e. The fourth-order valence-electron chi connectivity index (χ4n) is 2.25.